The van der Waals surface area contributed by atoms with E-state index in [1.54, 1.807) is 12.1 Å². The third-order valence-corrected chi connectivity index (χ3v) is 4.30. The molecule has 0 saturated heterocycles. The maximum Gasteiger partial charge on any atom is 0.128 e. The van der Waals surface area contributed by atoms with Gasteiger partial charge in [-0.25, -0.2) is 13.2 Å². The topological polar surface area (TPSA) is 26.0 Å². The Labute approximate surface area is 117 Å². The molecule has 0 spiro atoms. The van der Waals surface area contributed by atoms with Crippen molar-refractivity contribution in [3.63, 3.8) is 0 Å². The highest BCUT2D eigenvalue weighted by Gasteiger charge is 2.17. The normalized spacial score (nSPS) is 12.8. The van der Waals surface area contributed by atoms with E-state index in [0.29, 0.717) is 10.3 Å². The van der Waals surface area contributed by atoms with Gasteiger partial charge in [-0.1, -0.05) is 0 Å². The maximum absolute atomic E-state index is 13.7. The molecule has 0 radical (unpaired) electrons. The van der Waals surface area contributed by atoms with Crippen molar-refractivity contribution in [1.82, 2.24) is 0 Å². The summed E-state index contributed by atoms with van der Waals surface area (Å²) in [5.41, 5.74) is 6.09. The molecule has 0 aliphatic rings. The molecule has 102 valence electrons. The van der Waals surface area contributed by atoms with E-state index in [1.165, 1.54) is 23.5 Å². The number of hydrogen-bond acceptors (Lipinski definition) is 2. The van der Waals surface area contributed by atoms with Crippen molar-refractivity contribution in [2.75, 3.05) is 0 Å². The van der Waals surface area contributed by atoms with Gasteiger partial charge in [0.1, 0.15) is 17.5 Å². The van der Waals surface area contributed by atoms with Crippen molar-refractivity contribution in [1.29, 1.82) is 0 Å². The Hall–Kier alpha value is -1.85. The predicted molar refractivity (Wildman–Crippen MR) is 74.2 cm³/mol. The molecule has 0 aliphatic carbocycles. The van der Waals surface area contributed by atoms with Crippen LogP contribution >= 0.6 is 11.3 Å². The number of fused-ring (bicyclic) bond motifs is 1. The molecule has 3 aromatic rings. The van der Waals surface area contributed by atoms with Crippen molar-refractivity contribution < 1.29 is 13.2 Å². The Morgan fingerprint density at radius 2 is 1.60 bits per heavy atom. The molecule has 20 heavy (non-hydrogen) atoms. The van der Waals surface area contributed by atoms with Crippen LogP contribution in [0.1, 0.15) is 16.5 Å². The summed E-state index contributed by atoms with van der Waals surface area (Å²) in [6.45, 7) is 0. The van der Waals surface area contributed by atoms with Crippen LogP contribution in [0, 0.1) is 17.5 Å². The monoisotopic (exact) mass is 293 g/mol. The van der Waals surface area contributed by atoms with Crippen molar-refractivity contribution in [3.05, 3.63) is 70.4 Å². The highest BCUT2D eigenvalue weighted by molar-refractivity contribution is 7.19. The second-order valence-electron chi connectivity index (χ2n) is 4.47. The molecular weight excluding hydrogens is 283 g/mol. The molecule has 0 fully saturated rings. The summed E-state index contributed by atoms with van der Waals surface area (Å²) in [5.74, 6) is -1.43. The van der Waals surface area contributed by atoms with Crippen LogP contribution in [0.15, 0.2) is 42.5 Å². The minimum absolute atomic E-state index is 0.0945. The van der Waals surface area contributed by atoms with Crippen molar-refractivity contribution in [2.24, 2.45) is 5.73 Å². The smallest absolute Gasteiger partial charge is 0.128 e. The summed E-state index contributed by atoms with van der Waals surface area (Å²) in [5, 5.41) is 0.706. The quantitative estimate of drug-likeness (QED) is 0.746. The fourth-order valence-corrected chi connectivity index (χ4v) is 3.16. The maximum atomic E-state index is 13.7. The minimum Gasteiger partial charge on any atom is -0.320 e. The lowest BCUT2D eigenvalue weighted by atomic mass is 10.0. The third-order valence-electron chi connectivity index (χ3n) is 3.10. The third kappa shape index (κ3) is 2.30. The van der Waals surface area contributed by atoms with Gasteiger partial charge in [-0.2, -0.15) is 0 Å². The van der Waals surface area contributed by atoms with Gasteiger partial charge in [0.15, 0.2) is 0 Å². The Balaban J connectivity index is 2.07. The van der Waals surface area contributed by atoms with E-state index in [0.717, 1.165) is 22.9 Å². The molecule has 2 N–H and O–H groups in total. The van der Waals surface area contributed by atoms with Gasteiger partial charge in [0.25, 0.3) is 0 Å². The lowest BCUT2D eigenvalue weighted by Gasteiger charge is -2.10. The largest absolute Gasteiger partial charge is 0.320 e. The first-order valence-electron chi connectivity index (χ1n) is 5.94. The fourth-order valence-electron chi connectivity index (χ4n) is 2.09. The van der Waals surface area contributed by atoms with E-state index >= 15 is 0 Å². The summed E-state index contributed by atoms with van der Waals surface area (Å²) in [6.07, 6.45) is 0. The second-order valence-corrected chi connectivity index (χ2v) is 5.59. The molecule has 0 aliphatic heterocycles. The highest BCUT2D eigenvalue weighted by Crippen LogP contribution is 2.33. The van der Waals surface area contributed by atoms with Crippen LogP contribution in [0.25, 0.3) is 10.1 Å². The molecule has 0 saturated carbocycles. The van der Waals surface area contributed by atoms with E-state index in [4.69, 9.17) is 5.73 Å². The average Bonchev–Trinajstić information content (AvgIpc) is 2.83. The van der Waals surface area contributed by atoms with Crippen molar-refractivity contribution in [2.45, 2.75) is 6.04 Å². The van der Waals surface area contributed by atoms with Gasteiger partial charge >= 0.3 is 0 Å². The van der Waals surface area contributed by atoms with E-state index in [2.05, 4.69) is 0 Å². The van der Waals surface area contributed by atoms with Crippen LogP contribution in [-0.4, -0.2) is 0 Å². The first kappa shape index (κ1) is 13.1. The molecule has 5 heteroatoms. The van der Waals surface area contributed by atoms with Crippen LogP contribution in [0.5, 0.6) is 0 Å². The second kappa shape index (κ2) is 4.92. The van der Waals surface area contributed by atoms with Gasteiger partial charge in [0, 0.05) is 15.1 Å². The first-order chi connectivity index (χ1) is 9.54. The molecule has 0 bridgehead atoms. The zero-order chi connectivity index (χ0) is 14.3. The van der Waals surface area contributed by atoms with E-state index < -0.39 is 17.7 Å². The minimum atomic E-state index is -0.772. The summed E-state index contributed by atoms with van der Waals surface area (Å²) >= 11 is 1.34. The first-order valence-corrected chi connectivity index (χ1v) is 6.76. The highest BCUT2D eigenvalue weighted by atomic mass is 32.1. The van der Waals surface area contributed by atoms with E-state index in [1.807, 2.05) is 0 Å². The Morgan fingerprint density at radius 1 is 0.900 bits per heavy atom. The number of thiophene rings is 1. The molecule has 3 rings (SSSR count). The average molecular weight is 293 g/mol. The van der Waals surface area contributed by atoms with Crippen molar-refractivity contribution >= 4 is 21.4 Å². The lowest BCUT2D eigenvalue weighted by molar-refractivity contribution is 0.578. The van der Waals surface area contributed by atoms with Gasteiger partial charge in [0.05, 0.1) is 6.04 Å². The van der Waals surface area contributed by atoms with Gasteiger partial charge in [0.2, 0.25) is 0 Å². The Bertz CT molecular complexity index is 782. The van der Waals surface area contributed by atoms with Gasteiger partial charge in [-0.15, -0.1) is 11.3 Å². The standard InChI is InChI=1S/C15H10F3NS/c16-9-2-4-13-8(5-9)6-14(20-13)15(19)11-7-10(17)1-3-12(11)18/h1-7,15H,19H2. The number of hydrogen-bond donors (Lipinski definition) is 1. The zero-order valence-electron chi connectivity index (χ0n) is 10.2. The molecule has 1 atom stereocenters. The Morgan fingerprint density at radius 3 is 2.40 bits per heavy atom. The zero-order valence-corrected chi connectivity index (χ0v) is 11.1. The molecule has 1 unspecified atom stereocenters. The fraction of sp³-hybridized carbons (Fsp3) is 0.0667. The predicted octanol–water partition coefficient (Wildman–Crippen LogP) is 4.37. The number of benzene rings is 2. The molecule has 1 heterocycles. The number of nitrogens with two attached hydrogens (primary N) is 1. The van der Waals surface area contributed by atoms with Crippen LogP contribution in [0.4, 0.5) is 13.2 Å². The van der Waals surface area contributed by atoms with Crippen molar-refractivity contribution in [3.8, 4) is 0 Å². The number of rotatable bonds is 2. The molecule has 1 nitrogen and oxygen atoms in total. The van der Waals surface area contributed by atoms with Crippen LogP contribution in [0.3, 0.4) is 0 Å². The summed E-state index contributed by atoms with van der Waals surface area (Å²) in [7, 11) is 0. The SMILES string of the molecule is NC(c1cc2cc(F)ccc2s1)c1cc(F)ccc1F. The molecule has 0 amide bonds. The lowest BCUT2D eigenvalue weighted by Crippen LogP contribution is -2.12. The Kier molecular flexibility index (Phi) is 3.23. The van der Waals surface area contributed by atoms with Gasteiger partial charge in [-0.05, 0) is 47.9 Å². The van der Waals surface area contributed by atoms with Crippen LogP contribution < -0.4 is 5.73 Å². The van der Waals surface area contributed by atoms with Crippen LogP contribution in [-0.2, 0) is 0 Å². The van der Waals surface area contributed by atoms with Gasteiger partial charge in [-0.3, -0.25) is 0 Å². The van der Waals surface area contributed by atoms with Gasteiger partial charge < -0.3 is 5.73 Å². The number of halogens is 3. The summed E-state index contributed by atoms with van der Waals surface area (Å²) in [6, 6.07) is 8.52. The molecule has 1 aromatic heterocycles. The van der Waals surface area contributed by atoms with E-state index in [9.17, 15) is 13.2 Å². The van der Waals surface area contributed by atoms with E-state index in [-0.39, 0.29) is 11.4 Å². The van der Waals surface area contributed by atoms with Crippen LogP contribution in [0.2, 0.25) is 0 Å². The summed E-state index contributed by atoms with van der Waals surface area (Å²) < 4.78 is 40.9. The molecule has 2 aromatic carbocycles. The summed E-state index contributed by atoms with van der Waals surface area (Å²) in [4.78, 5) is 0.662. The molecular formula is C15H10F3NS.